The number of rotatable bonds is 7. The summed E-state index contributed by atoms with van der Waals surface area (Å²) in [4.78, 5) is 26.4. The summed E-state index contributed by atoms with van der Waals surface area (Å²) in [6, 6.07) is 18.5. The maximum atomic E-state index is 12.3. The molecular weight excluding hydrogens is 324 g/mol. The van der Waals surface area contributed by atoms with Gasteiger partial charge in [0.05, 0.1) is 5.92 Å². The number of benzene rings is 2. The summed E-state index contributed by atoms with van der Waals surface area (Å²) in [6.45, 7) is 3.88. The molecule has 1 atom stereocenters. The molecule has 2 aromatic carbocycles. The molecule has 2 amide bonds. The lowest BCUT2D eigenvalue weighted by molar-refractivity contribution is -0.129. The van der Waals surface area contributed by atoms with Crippen molar-refractivity contribution < 1.29 is 9.59 Å². The highest BCUT2D eigenvalue weighted by molar-refractivity contribution is 5.89. The predicted octanol–water partition coefficient (Wildman–Crippen LogP) is 2.74. The quantitative estimate of drug-likeness (QED) is 0.835. The topological polar surface area (TPSA) is 49.4 Å². The maximum Gasteiger partial charge on any atom is 0.225 e. The van der Waals surface area contributed by atoms with Crippen LogP contribution in [0.25, 0.3) is 0 Å². The number of aryl methyl sites for hydroxylation is 1. The Labute approximate surface area is 155 Å². The second kappa shape index (κ2) is 8.65. The van der Waals surface area contributed by atoms with Crippen LogP contribution in [0.1, 0.15) is 23.1 Å². The zero-order chi connectivity index (χ0) is 18.4. The molecule has 3 rings (SSSR count). The molecule has 0 radical (unpaired) electrons. The zero-order valence-corrected chi connectivity index (χ0v) is 15.3. The third kappa shape index (κ3) is 4.94. The van der Waals surface area contributed by atoms with Gasteiger partial charge in [-0.25, -0.2) is 0 Å². The van der Waals surface area contributed by atoms with E-state index in [2.05, 4.69) is 48.6 Å². The summed E-state index contributed by atoms with van der Waals surface area (Å²) in [5, 5.41) is 2.98. The summed E-state index contributed by atoms with van der Waals surface area (Å²) in [5.41, 5.74) is 3.66. The Hall–Kier alpha value is -2.62. The van der Waals surface area contributed by atoms with Gasteiger partial charge in [-0.2, -0.15) is 0 Å². The first-order valence-electron chi connectivity index (χ1n) is 9.27. The highest BCUT2D eigenvalue weighted by Gasteiger charge is 2.33. The first-order chi connectivity index (χ1) is 12.6. The van der Waals surface area contributed by atoms with Crippen LogP contribution in [0.15, 0.2) is 54.6 Å². The van der Waals surface area contributed by atoms with Gasteiger partial charge in [0.15, 0.2) is 0 Å². The minimum atomic E-state index is -0.226. The Morgan fingerprint density at radius 3 is 2.46 bits per heavy atom. The molecule has 0 spiro atoms. The standard InChI is InChI=1S/C22H26N2O2/c1-17-7-9-19(10-8-17)12-14-24-16-20(15-21(24)25)22(26)23-13-11-18-5-3-2-4-6-18/h2-10,20H,11-16H2,1H3,(H,23,26)/t20-/m1/s1. The molecule has 1 fully saturated rings. The monoisotopic (exact) mass is 350 g/mol. The minimum Gasteiger partial charge on any atom is -0.355 e. The lowest BCUT2D eigenvalue weighted by atomic mass is 10.1. The van der Waals surface area contributed by atoms with Crippen LogP contribution in [-0.4, -0.2) is 36.3 Å². The van der Waals surface area contributed by atoms with Gasteiger partial charge in [-0.05, 0) is 30.9 Å². The lowest BCUT2D eigenvalue weighted by Gasteiger charge is -2.16. The number of likely N-dealkylation sites (tertiary alicyclic amines) is 1. The maximum absolute atomic E-state index is 12.3. The SMILES string of the molecule is Cc1ccc(CCN2C[C@H](C(=O)NCCc3ccccc3)CC2=O)cc1. The van der Waals surface area contributed by atoms with Crippen molar-refractivity contribution in [2.45, 2.75) is 26.2 Å². The summed E-state index contributed by atoms with van der Waals surface area (Å²) in [7, 11) is 0. The normalized spacial score (nSPS) is 16.7. The Kier molecular flexibility index (Phi) is 6.05. The predicted molar refractivity (Wildman–Crippen MR) is 103 cm³/mol. The van der Waals surface area contributed by atoms with E-state index in [4.69, 9.17) is 0 Å². The smallest absolute Gasteiger partial charge is 0.225 e. The van der Waals surface area contributed by atoms with Gasteiger partial charge >= 0.3 is 0 Å². The molecule has 1 aliphatic heterocycles. The van der Waals surface area contributed by atoms with Crippen molar-refractivity contribution in [2.75, 3.05) is 19.6 Å². The van der Waals surface area contributed by atoms with Crippen molar-refractivity contribution >= 4 is 11.8 Å². The molecule has 136 valence electrons. The van der Waals surface area contributed by atoms with Gasteiger partial charge in [0.2, 0.25) is 11.8 Å². The van der Waals surface area contributed by atoms with Crippen LogP contribution < -0.4 is 5.32 Å². The fourth-order valence-electron chi connectivity index (χ4n) is 3.30. The van der Waals surface area contributed by atoms with Crippen molar-refractivity contribution in [1.82, 2.24) is 10.2 Å². The van der Waals surface area contributed by atoms with E-state index in [0.717, 1.165) is 12.8 Å². The third-order valence-corrected chi connectivity index (χ3v) is 4.93. The summed E-state index contributed by atoms with van der Waals surface area (Å²) in [5.74, 6) is -0.149. The van der Waals surface area contributed by atoms with Gasteiger partial charge < -0.3 is 10.2 Å². The van der Waals surface area contributed by atoms with Crippen molar-refractivity contribution in [3.8, 4) is 0 Å². The van der Waals surface area contributed by atoms with Crippen molar-refractivity contribution in [1.29, 1.82) is 0 Å². The second-order valence-electron chi connectivity index (χ2n) is 7.00. The number of amides is 2. The number of nitrogens with one attached hydrogen (secondary N) is 1. The van der Waals surface area contributed by atoms with E-state index in [9.17, 15) is 9.59 Å². The zero-order valence-electron chi connectivity index (χ0n) is 15.3. The Morgan fingerprint density at radius 1 is 1.04 bits per heavy atom. The van der Waals surface area contributed by atoms with Crippen molar-refractivity contribution in [3.05, 3.63) is 71.3 Å². The van der Waals surface area contributed by atoms with E-state index in [-0.39, 0.29) is 17.7 Å². The molecule has 1 aliphatic rings. The highest BCUT2D eigenvalue weighted by atomic mass is 16.2. The van der Waals surface area contributed by atoms with Crippen LogP contribution in [0, 0.1) is 12.8 Å². The molecule has 0 aromatic heterocycles. The van der Waals surface area contributed by atoms with Crippen LogP contribution in [0.5, 0.6) is 0 Å². The largest absolute Gasteiger partial charge is 0.355 e. The summed E-state index contributed by atoms with van der Waals surface area (Å²) < 4.78 is 0. The molecule has 1 heterocycles. The first kappa shape index (κ1) is 18.2. The molecule has 4 heteroatoms. The van der Waals surface area contributed by atoms with Crippen LogP contribution >= 0.6 is 0 Å². The summed E-state index contributed by atoms with van der Waals surface area (Å²) >= 11 is 0. The Balaban J connectivity index is 1.43. The van der Waals surface area contributed by atoms with E-state index in [1.165, 1.54) is 16.7 Å². The molecule has 0 saturated carbocycles. The van der Waals surface area contributed by atoms with Gasteiger partial charge in [-0.15, -0.1) is 0 Å². The number of nitrogens with zero attached hydrogens (tertiary/aromatic N) is 1. The highest BCUT2D eigenvalue weighted by Crippen LogP contribution is 2.18. The average Bonchev–Trinajstić information content (AvgIpc) is 3.03. The van der Waals surface area contributed by atoms with Gasteiger partial charge in [0, 0.05) is 26.1 Å². The number of hydrogen-bond acceptors (Lipinski definition) is 2. The van der Waals surface area contributed by atoms with Gasteiger partial charge in [-0.1, -0.05) is 60.2 Å². The molecule has 1 N–H and O–H groups in total. The Bertz CT molecular complexity index is 740. The van der Waals surface area contributed by atoms with Crippen LogP contribution in [0.2, 0.25) is 0 Å². The molecule has 0 bridgehead atoms. The Morgan fingerprint density at radius 2 is 1.73 bits per heavy atom. The number of hydrogen-bond donors (Lipinski definition) is 1. The average molecular weight is 350 g/mol. The van der Waals surface area contributed by atoms with E-state index < -0.39 is 0 Å². The van der Waals surface area contributed by atoms with E-state index >= 15 is 0 Å². The third-order valence-electron chi connectivity index (χ3n) is 4.93. The van der Waals surface area contributed by atoms with Crippen LogP contribution in [-0.2, 0) is 22.4 Å². The first-order valence-corrected chi connectivity index (χ1v) is 9.27. The van der Waals surface area contributed by atoms with Gasteiger partial charge in [0.25, 0.3) is 0 Å². The van der Waals surface area contributed by atoms with Crippen LogP contribution in [0.3, 0.4) is 0 Å². The van der Waals surface area contributed by atoms with Crippen LogP contribution in [0.4, 0.5) is 0 Å². The van der Waals surface area contributed by atoms with Gasteiger partial charge in [-0.3, -0.25) is 9.59 Å². The molecule has 0 unspecified atom stereocenters. The fourth-order valence-corrected chi connectivity index (χ4v) is 3.30. The van der Waals surface area contributed by atoms with Crippen molar-refractivity contribution in [3.63, 3.8) is 0 Å². The second-order valence-corrected chi connectivity index (χ2v) is 7.00. The van der Waals surface area contributed by atoms with E-state index in [0.29, 0.717) is 26.1 Å². The van der Waals surface area contributed by atoms with Gasteiger partial charge in [0.1, 0.15) is 0 Å². The fraction of sp³-hybridized carbons (Fsp3) is 0.364. The molecule has 0 aliphatic carbocycles. The summed E-state index contributed by atoms with van der Waals surface area (Å²) in [6.07, 6.45) is 1.96. The minimum absolute atomic E-state index is 0.00730. The lowest BCUT2D eigenvalue weighted by Crippen LogP contribution is -2.34. The molecule has 26 heavy (non-hydrogen) atoms. The van der Waals surface area contributed by atoms with E-state index in [1.807, 2.05) is 23.1 Å². The van der Waals surface area contributed by atoms with Crippen molar-refractivity contribution in [2.24, 2.45) is 5.92 Å². The molecule has 1 saturated heterocycles. The van der Waals surface area contributed by atoms with E-state index in [1.54, 1.807) is 0 Å². The number of carbonyl (C=O) groups is 2. The number of carbonyl (C=O) groups excluding carboxylic acids is 2. The molecular formula is C22H26N2O2. The molecule has 2 aromatic rings. The molecule has 4 nitrogen and oxygen atoms in total.